The summed E-state index contributed by atoms with van der Waals surface area (Å²) < 4.78 is 0. The first kappa shape index (κ1) is 28.1. The predicted molar refractivity (Wildman–Crippen MR) is 106 cm³/mol. The van der Waals surface area contributed by atoms with E-state index in [1.54, 1.807) is 0 Å². The maximum Gasteiger partial charge on any atom is 1.00 e. The van der Waals surface area contributed by atoms with Gasteiger partial charge in [0.25, 0.3) is 0 Å². The molecule has 0 aliphatic heterocycles. The Labute approximate surface area is 184 Å². The summed E-state index contributed by atoms with van der Waals surface area (Å²) >= 11 is 0. The maximum atomic E-state index is 11.1. The summed E-state index contributed by atoms with van der Waals surface area (Å²) in [4.78, 5) is 13.3. The standard InChI is InChI=1S/C22H41NO2.Na/c1-5-7-9-11-13-15-17-20(3)23(19-22(24)25)21(4)18-16-14-12-10-8-6-2;/h9-12,20-21H,5-8,13-19H2,1-4H3,(H,24,25);/q;+1/p-1/b11-9+,12-10+;. The topological polar surface area (TPSA) is 43.4 Å². The second-order valence-electron chi connectivity index (χ2n) is 7.12. The van der Waals surface area contributed by atoms with E-state index in [2.05, 4.69) is 56.9 Å². The number of aliphatic carboxylic acids is 1. The Kier molecular flexibility index (Phi) is 21.3. The number of carboxylic acid groups (broad SMARTS) is 1. The summed E-state index contributed by atoms with van der Waals surface area (Å²) in [5.41, 5.74) is 0. The minimum atomic E-state index is -0.968. The van der Waals surface area contributed by atoms with Crippen molar-refractivity contribution >= 4 is 5.97 Å². The van der Waals surface area contributed by atoms with Crippen LogP contribution in [0.2, 0.25) is 0 Å². The fourth-order valence-electron chi connectivity index (χ4n) is 3.09. The number of unbranched alkanes of at least 4 members (excludes halogenated alkanes) is 4. The number of carboxylic acids is 1. The Morgan fingerprint density at radius 2 is 1.23 bits per heavy atom. The number of carbonyl (C=O) groups is 1. The van der Waals surface area contributed by atoms with Crippen molar-refractivity contribution in [2.75, 3.05) is 6.54 Å². The molecule has 3 nitrogen and oxygen atoms in total. The van der Waals surface area contributed by atoms with E-state index in [4.69, 9.17) is 0 Å². The van der Waals surface area contributed by atoms with Crippen LogP contribution in [0.4, 0.5) is 0 Å². The van der Waals surface area contributed by atoms with Crippen LogP contribution in [0.25, 0.3) is 0 Å². The predicted octanol–water partition coefficient (Wildman–Crippen LogP) is 1.87. The molecule has 0 bridgehead atoms. The van der Waals surface area contributed by atoms with Gasteiger partial charge in [0, 0.05) is 18.6 Å². The van der Waals surface area contributed by atoms with E-state index in [0.717, 1.165) is 51.4 Å². The van der Waals surface area contributed by atoms with Crippen molar-refractivity contribution in [3.63, 3.8) is 0 Å². The van der Waals surface area contributed by atoms with Crippen LogP contribution in [-0.2, 0) is 4.79 Å². The van der Waals surface area contributed by atoms with Crippen LogP contribution in [0.1, 0.15) is 91.9 Å². The van der Waals surface area contributed by atoms with Crippen molar-refractivity contribution in [1.29, 1.82) is 0 Å². The van der Waals surface area contributed by atoms with Crippen molar-refractivity contribution < 1.29 is 39.5 Å². The molecule has 146 valence electrons. The number of rotatable bonds is 16. The number of carbonyl (C=O) groups excluding carboxylic acids is 1. The second kappa shape index (κ2) is 19.7. The zero-order valence-electron chi connectivity index (χ0n) is 18.0. The van der Waals surface area contributed by atoms with Gasteiger partial charge < -0.3 is 9.90 Å². The third-order valence-electron chi connectivity index (χ3n) is 4.67. The summed E-state index contributed by atoms with van der Waals surface area (Å²) in [6.45, 7) is 8.71. The number of hydrogen-bond acceptors (Lipinski definition) is 3. The van der Waals surface area contributed by atoms with Crippen LogP contribution in [0.5, 0.6) is 0 Å². The second-order valence-corrected chi connectivity index (χ2v) is 7.12. The van der Waals surface area contributed by atoms with Gasteiger partial charge in [-0.05, 0) is 65.2 Å². The number of hydrogen-bond donors (Lipinski definition) is 0. The molecule has 0 fully saturated rings. The van der Waals surface area contributed by atoms with Crippen molar-refractivity contribution in [1.82, 2.24) is 4.90 Å². The molecule has 2 unspecified atom stereocenters. The van der Waals surface area contributed by atoms with Crippen LogP contribution in [0.15, 0.2) is 24.3 Å². The van der Waals surface area contributed by atoms with E-state index in [1.807, 2.05) is 0 Å². The monoisotopic (exact) mass is 373 g/mol. The Bertz CT molecular complexity index is 354. The summed E-state index contributed by atoms with van der Waals surface area (Å²) in [5, 5.41) is 11.1. The molecule has 0 saturated carbocycles. The maximum absolute atomic E-state index is 11.1. The molecule has 0 aromatic heterocycles. The van der Waals surface area contributed by atoms with Gasteiger partial charge >= 0.3 is 29.6 Å². The van der Waals surface area contributed by atoms with Crippen molar-refractivity contribution in [2.45, 2.75) is 104 Å². The fourth-order valence-corrected chi connectivity index (χ4v) is 3.09. The smallest absolute Gasteiger partial charge is 0.549 e. The molecule has 0 aromatic rings. The normalized spacial score (nSPS) is 14.0. The molecule has 26 heavy (non-hydrogen) atoms. The molecule has 0 saturated heterocycles. The van der Waals surface area contributed by atoms with Crippen LogP contribution < -0.4 is 34.7 Å². The molecule has 0 aliphatic rings. The van der Waals surface area contributed by atoms with Crippen molar-refractivity contribution in [3.05, 3.63) is 24.3 Å². The van der Waals surface area contributed by atoms with Crippen LogP contribution in [0, 0.1) is 0 Å². The van der Waals surface area contributed by atoms with Gasteiger partial charge in [0.1, 0.15) is 0 Å². The van der Waals surface area contributed by atoms with Gasteiger partial charge in [0.05, 0.1) is 5.97 Å². The average molecular weight is 374 g/mol. The largest absolute Gasteiger partial charge is 1.00 e. The van der Waals surface area contributed by atoms with E-state index in [0.29, 0.717) is 0 Å². The molecular formula is C22H40NNaO2. The third kappa shape index (κ3) is 16.1. The fraction of sp³-hybridized carbons (Fsp3) is 0.773. The first-order chi connectivity index (χ1) is 12.0. The molecular weight excluding hydrogens is 333 g/mol. The summed E-state index contributed by atoms with van der Waals surface area (Å²) in [6.07, 6.45) is 20.1. The SMILES string of the molecule is CCC/C=C/CCCC(C)N(CC(=O)[O-])C(C)CCC/C=C/CCC.[Na+]. The van der Waals surface area contributed by atoms with Gasteiger partial charge in [-0.1, -0.05) is 51.0 Å². The van der Waals surface area contributed by atoms with Gasteiger partial charge in [0.15, 0.2) is 0 Å². The quantitative estimate of drug-likeness (QED) is 0.236. The third-order valence-corrected chi connectivity index (χ3v) is 4.67. The van der Waals surface area contributed by atoms with Crippen molar-refractivity contribution in [3.8, 4) is 0 Å². The van der Waals surface area contributed by atoms with E-state index in [1.165, 1.54) is 12.8 Å². The molecule has 0 radical (unpaired) electrons. The van der Waals surface area contributed by atoms with Crippen LogP contribution in [0.3, 0.4) is 0 Å². The average Bonchev–Trinajstić information content (AvgIpc) is 2.58. The zero-order chi connectivity index (χ0) is 18.9. The molecule has 0 heterocycles. The molecule has 0 N–H and O–H groups in total. The molecule has 2 atom stereocenters. The first-order valence-electron chi connectivity index (χ1n) is 10.3. The summed E-state index contributed by atoms with van der Waals surface area (Å²) in [7, 11) is 0. The van der Waals surface area contributed by atoms with Gasteiger partial charge in [-0.3, -0.25) is 4.90 Å². The Morgan fingerprint density at radius 3 is 1.58 bits per heavy atom. The van der Waals surface area contributed by atoms with Gasteiger partial charge in [0.2, 0.25) is 0 Å². The molecule has 0 spiro atoms. The van der Waals surface area contributed by atoms with Crippen molar-refractivity contribution in [2.24, 2.45) is 0 Å². The Morgan fingerprint density at radius 1 is 0.846 bits per heavy atom. The minimum absolute atomic E-state index is 0. The van der Waals surface area contributed by atoms with E-state index in [9.17, 15) is 9.90 Å². The van der Waals surface area contributed by atoms with Gasteiger partial charge in [-0.25, -0.2) is 0 Å². The van der Waals surface area contributed by atoms with Crippen LogP contribution >= 0.6 is 0 Å². The van der Waals surface area contributed by atoms with E-state index >= 15 is 0 Å². The van der Waals surface area contributed by atoms with E-state index in [-0.39, 0.29) is 48.2 Å². The Balaban J connectivity index is 0. The van der Waals surface area contributed by atoms with Crippen LogP contribution in [-0.4, -0.2) is 29.5 Å². The summed E-state index contributed by atoms with van der Waals surface area (Å²) in [6, 6.07) is 0.561. The summed E-state index contributed by atoms with van der Waals surface area (Å²) in [5.74, 6) is -0.968. The van der Waals surface area contributed by atoms with Gasteiger partial charge in [-0.2, -0.15) is 0 Å². The van der Waals surface area contributed by atoms with Gasteiger partial charge in [-0.15, -0.1) is 0 Å². The minimum Gasteiger partial charge on any atom is -0.549 e. The molecule has 0 aromatic carbocycles. The molecule has 4 heteroatoms. The Hall–Kier alpha value is -0.0900. The molecule has 0 rings (SSSR count). The zero-order valence-corrected chi connectivity index (χ0v) is 20.0. The molecule has 0 aliphatic carbocycles. The first-order valence-corrected chi connectivity index (χ1v) is 10.3. The molecule has 0 amide bonds. The van der Waals surface area contributed by atoms with E-state index < -0.39 is 5.97 Å². The number of allylic oxidation sites excluding steroid dienone is 4. The number of nitrogens with zero attached hydrogens (tertiary/aromatic N) is 1.